The van der Waals surface area contributed by atoms with Crippen molar-refractivity contribution in [1.29, 1.82) is 0 Å². The fourth-order valence-corrected chi connectivity index (χ4v) is 7.01. The molecule has 0 saturated carbocycles. The number of allylic oxidation sites excluding steroid dienone is 2. The molecular formula is C45H84O10. The van der Waals surface area contributed by atoms with E-state index in [1.165, 1.54) is 135 Å². The zero-order valence-electron chi connectivity index (χ0n) is 35.2. The third-order valence-corrected chi connectivity index (χ3v) is 10.7. The average Bonchev–Trinajstić information content (AvgIpc) is 3.18. The Morgan fingerprint density at radius 3 is 1.45 bits per heavy atom. The summed E-state index contributed by atoms with van der Waals surface area (Å²) >= 11 is 0. The highest BCUT2D eigenvalue weighted by molar-refractivity contribution is 5.70. The van der Waals surface area contributed by atoms with E-state index in [1.54, 1.807) is 0 Å². The standard InChI is InChI=1S/C45H84O10/c1-3-5-7-9-11-13-15-17-19-21-23-25-27-29-31-33-40(47)52-36-38(37-53-45-44(51)43(50)42(49)39(35-46)55-45)54-41(48)34-32-30-28-26-24-22-20-18-16-14-12-10-8-6-4-2/h24,26,38-39,42-46,49-51H,3-23,25,27-37H2,1-2H3/b26-24+/t38-,39-,42+,43?,44?,45-/m0/s1. The minimum Gasteiger partial charge on any atom is -0.462 e. The first-order valence-electron chi connectivity index (χ1n) is 22.8. The summed E-state index contributed by atoms with van der Waals surface area (Å²) in [6.45, 7) is 3.42. The molecule has 0 spiro atoms. The number of carbonyl (C=O) groups is 2. The molecule has 1 fully saturated rings. The largest absolute Gasteiger partial charge is 0.462 e. The fourth-order valence-electron chi connectivity index (χ4n) is 7.01. The molecule has 10 heteroatoms. The summed E-state index contributed by atoms with van der Waals surface area (Å²) in [6.07, 6.45) is 30.8. The van der Waals surface area contributed by atoms with E-state index in [0.29, 0.717) is 6.42 Å². The van der Waals surface area contributed by atoms with E-state index in [1.807, 2.05) is 0 Å². The van der Waals surface area contributed by atoms with Gasteiger partial charge in [0.05, 0.1) is 13.2 Å². The predicted molar refractivity (Wildman–Crippen MR) is 220 cm³/mol. The molecule has 2 unspecified atom stereocenters. The maximum absolute atomic E-state index is 12.7. The second-order valence-electron chi connectivity index (χ2n) is 15.9. The molecule has 1 rings (SSSR count). The molecule has 1 aliphatic rings. The van der Waals surface area contributed by atoms with Crippen molar-refractivity contribution in [3.63, 3.8) is 0 Å². The fraction of sp³-hybridized carbons (Fsp3) is 0.911. The SMILES string of the molecule is CCCCCCCCCCC/C=C/CCCCC(=O)O[C@@H](COC(=O)CCCCCCCCCCCCCCCCC)CO[C@H]1O[C@@H](CO)[C@@H](O)C(O)C1O. The number of aliphatic hydroxyl groups excluding tert-OH is 4. The Morgan fingerprint density at radius 1 is 0.545 bits per heavy atom. The Bertz CT molecular complexity index is 912. The molecule has 0 amide bonds. The van der Waals surface area contributed by atoms with Crippen LogP contribution in [0.4, 0.5) is 0 Å². The Morgan fingerprint density at radius 2 is 0.964 bits per heavy atom. The van der Waals surface area contributed by atoms with E-state index in [0.717, 1.165) is 38.5 Å². The molecule has 324 valence electrons. The molecule has 1 aliphatic heterocycles. The van der Waals surface area contributed by atoms with Crippen LogP contribution in [0.1, 0.15) is 206 Å². The number of rotatable bonds is 38. The van der Waals surface area contributed by atoms with E-state index in [2.05, 4.69) is 26.0 Å². The third kappa shape index (κ3) is 28.5. The van der Waals surface area contributed by atoms with Gasteiger partial charge in [0, 0.05) is 12.8 Å². The van der Waals surface area contributed by atoms with Gasteiger partial charge < -0.3 is 39.4 Å². The lowest BCUT2D eigenvalue weighted by molar-refractivity contribution is -0.305. The van der Waals surface area contributed by atoms with Crippen molar-refractivity contribution in [2.24, 2.45) is 0 Å². The second kappa shape index (κ2) is 36.8. The Balaban J connectivity index is 2.33. The van der Waals surface area contributed by atoms with Gasteiger partial charge in [0.2, 0.25) is 0 Å². The van der Waals surface area contributed by atoms with Crippen LogP contribution in [0.3, 0.4) is 0 Å². The van der Waals surface area contributed by atoms with Crippen LogP contribution in [-0.2, 0) is 28.5 Å². The topological polar surface area (TPSA) is 152 Å². The molecular weight excluding hydrogens is 700 g/mol. The van der Waals surface area contributed by atoms with Crippen molar-refractivity contribution < 1.29 is 49.0 Å². The van der Waals surface area contributed by atoms with Crippen LogP contribution in [0.5, 0.6) is 0 Å². The lowest BCUT2D eigenvalue weighted by Crippen LogP contribution is -2.59. The van der Waals surface area contributed by atoms with E-state index in [-0.39, 0.29) is 32.0 Å². The first-order valence-corrected chi connectivity index (χ1v) is 22.8. The molecule has 0 aromatic heterocycles. The van der Waals surface area contributed by atoms with Gasteiger partial charge >= 0.3 is 11.9 Å². The molecule has 4 N–H and O–H groups in total. The molecule has 0 aromatic rings. The number of hydrogen-bond acceptors (Lipinski definition) is 10. The van der Waals surface area contributed by atoms with Gasteiger partial charge in [-0.3, -0.25) is 9.59 Å². The Hall–Kier alpha value is -1.56. The summed E-state index contributed by atoms with van der Waals surface area (Å²) in [7, 11) is 0. The number of aliphatic hydroxyl groups is 4. The van der Waals surface area contributed by atoms with Crippen molar-refractivity contribution >= 4 is 11.9 Å². The number of carbonyl (C=O) groups excluding carboxylic acids is 2. The van der Waals surface area contributed by atoms with Gasteiger partial charge in [0.1, 0.15) is 31.0 Å². The van der Waals surface area contributed by atoms with Crippen molar-refractivity contribution in [1.82, 2.24) is 0 Å². The third-order valence-electron chi connectivity index (χ3n) is 10.7. The molecule has 10 nitrogen and oxygen atoms in total. The first-order chi connectivity index (χ1) is 26.8. The van der Waals surface area contributed by atoms with Gasteiger partial charge in [-0.05, 0) is 38.5 Å². The van der Waals surface area contributed by atoms with Gasteiger partial charge in [0.15, 0.2) is 12.4 Å². The number of ether oxygens (including phenoxy) is 4. The van der Waals surface area contributed by atoms with Gasteiger partial charge in [-0.25, -0.2) is 0 Å². The molecule has 0 radical (unpaired) electrons. The monoisotopic (exact) mass is 785 g/mol. The molecule has 0 aromatic carbocycles. The van der Waals surface area contributed by atoms with E-state index in [4.69, 9.17) is 18.9 Å². The molecule has 1 heterocycles. The molecule has 0 bridgehead atoms. The Kier molecular flexibility index (Phi) is 34.4. The van der Waals surface area contributed by atoms with Crippen molar-refractivity contribution in [3.05, 3.63) is 12.2 Å². The average molecular weight is 785 g/mol. The second-order valence-corrected chi connectivity index (χ2v) is 15.9. The minimum atomic E-state index is -1.59. The summed E-state index contributed by atoms with van der Waals surface area (Å²) in [6, 6.07) is 0. The number of esters is 2. The summed E-state index contributed by atoms with van der Waals surface area (Å²) in [5.41, 5.74) is 0. The zero-order chi connectivity index (χ0) is 40.2. The smallest absolute Gasteiger partial charge is 0.306 e. The van der Waals surface area contributed by atoms with Crippen LogP contribution in [0.15, 0.2) is 12.2 Å². The highest BCUT2D eigenvalue weighted by Crippen LogP contribution is 2.23. The summed E-state index contributed by atoms with van der Waals surface area (Å²) in [5, 5.41) is 40.0. The van der Waals surface area contributed by atoms with Crippen LogP contribution < -0.4 is 0 Å². The van der Waals surface area contributed by atoms with Crippen LogP contribution in [0, 0.1) is 0 Å². The van der Waals surface area contributed by atoms with Gasteiger partial charge in [-0.15, -0.1) is 0 Å². The molecule has 0 aliphatic carbocycles. The first kappa shape index (κ1) is 51.5. The maximum atomic E-state index is 12.7. The minimum absolute atomic E-state index is 0.204. The maximum Gasteiger partial charge on any atom is 0.306 e. The van der Waals surface area contributed by atoms with Crippen molar-refractivity contribution in [3.8, 4) is 0 Å². The van der Waals surface area contributed by atoms with Crippen LogP contribution >= 0.6 is 0 Å². The van der Waals surface area contributed by atoms with Crippen LogP contribution in [0.2, 0.25) is 0 Å². The van der Waals surface area contributed by atoms with Gasteiger partial charge in [-0.1, -0.05) is 167 Å². The molecule has 6 atom stereocenters. The highest BCUT2D eigenvalue weighted by atomic mass is 16.7. The highest BCUT2D eigenvalue weighted by Gasteiger charge is 2.44. The van der Waals surface area contributed by atoms with Crippen LogP contribution in [-0.4, -0.2) is 89.0 Å². The predicted octanol–water partition coefficient (Wildman–Crippen LogP) is 9.56. The van der Waals surface area contributed by atoms with Gasteiger partial charge in [-0.2, -0.15) is 0 Å². The zero-order valence-corrected chi connectivity index (χ0v) is 35.2. The lowest BCUT2D eigenvalue weighted by atomic mass is 9.99. The summed E-state index contributed by atoms with van der Waals surface area (Å²) in [5.74, 6) is -0.822. The molecule has 1 saturated heterocycles. The van der Waals surface area contributed by atoms with Gasteiger partial charge in [0.25, 0.3) is 0 Å². The van der Waals surface area contributed by atoms with Crippen molar-refractivity contribution in [2.75, 3.05) is 19.8 Å². The van der Waals surface area contributed by atoms with Crippen LogP contribution in [0.25, 0.3) is 0 Å². The number of unbranched alkanes of at least 4 members (excludes halogenated alkanes) is 25. The van der Waals surface area contributed by atoms with Crippen molar-refractivity contribution in [2.45, 2.75) is 243 Å². The lowest BCUT2D eigenvalue weighted by Gasteiger charge is -2.39. The van der Waals surface area contributed by atoms with E-state index >= 15 is 0 Å². The van der Waals surface area contributed by atoms with E-state index in [9.17, 15) is 30.0 Å². The summed E-state index contributed by atoms with van der Waals surface area (Å²) in [4.78, 5) is 25.3. The normalized spacial score (nSPS) is 20.6. The Labute approximate surface area is 335 Å². The molecule has 55 heavy (non-hydrogen) atoms. The summed E-state index contributed by atoms with van der Waals surface area (Å²) < 4.78 is 22.1. The van der Waals surface area contributed by atoms with E-state index < -0.39 is 49.4 Å². The quantitative estimate of drug-likeness (QED) is 0.0271. The number of hydrogen-bond donors (Lipinski definition) is 4.